The molecule has 0 spiro atoms. The van der Waals surface area contributed by atoms with Gasteiger partial charge in [-0.2, -0.15) is 0 Å². The van der Waals surface area contributed by atoms with Gasteiger partial charge in [0.2, 0.25) is 0 Å². The number of carbonyl (C=O) groups is 1. The molecule has 0 aliphatic carbocycles. The highest BCUT2D eigenvalue weighted by Crippen LogP contribution is 2.25. The lowest BCUT2D eigenvalue weighted by Crippen LogP contribution is -2.20. The molecule has 104 valence electrons. The van der Waals surface area contributed by atoms with Crippen molar-refractivity contribution in [1.82, 2.24) is 0 Å². The van der Waals surface area contributed by atoms with Gasteiger partial charge in [-0.3, -0.25) is 4.79 Å². The number of carbonyl (C=O) groups excluding carboxylic acids is 1. The van der Waals surface area contributed by atoms with Crippen LogP contribution in [0, 0.1) is 5.82 Å². The van der Waals surface area contributed by atoms with Gasteiger partial charge < -0.3 is 10.1 Å². The fourth-order valence-electron chi connectivity index (χ4n) is 1.48. The van der Waals surface area contributed by atoms with E-state index < -0.39 is 5.82 Å². The number of rotatable bonds is 4. The highest BCUT2D eigenvalue weighted by Gasteiger charge is 2.08. The van der Waals surface area contributed by atoms with Crippen molar-refractivity contribution in [1.29, 1.82) is 0 Å². The highest BCUT2D eigenvalue weighted by molar-refractivity contribution is 9.11. The molecule has 0 saturated carbocycles. The maximum absolute atomic E-state index is 13.1. The molecule has 1 amide bonds. The van der Waals surface area contributed by atoms with E-state index in [4.69, 9.17) is 4.74 Å². The van der Waals surface area contributed by atoms with Gasteiger partial charge in [0.1, 0.15) is 11.6 Å². The van der Waals surface area contributed by atoms with Crippen LogP contribution in [0.5, 0.6) is 5.75 Å². The topological polar surface area (TPSA) is 38.3 Å². The largest absolute Gasteiger partial charge is 0.482 e. The summed E-state index contributed by atoms with van der Waals surface area (Å²) in [5.41, 5.74) is 0.652. The Bertz CT molecular complexity index is 634. The second-order valence-corrected chi connectivity index (χ2v) is 5.60. The fourth-order valence-corrected chi connectivity index (χ4v) is 2.22. The monoisotopic (exact) mass is 401 g/mol. The van der Waals surface area contributed by atoms with Crippen molar-refractivity contribution in [3.8, 4) is 5.75 Å². The van der Waals surface area contributed by atoms with E-state index in [-0.39, 0.29) is 18.3 Å². The lowest BCUT2D eigenvalue weighted by atomic mass is 10.3. The summed E-state index contributed by atoms with van der Waals surface area (Å²) in [4.78, 5) is 11.8. The zero-order chi connectivity index (χ0) is 14.5. The van der Waals surface area contributed by atoms with E-state index in [0.717, 1.165) is 4.47 Å². The molecule has 0 aliphatic heterocycles. The molecule has 0 saturated heterocycles. The number of para-hydroxylation sites is 1. The number of hydrogen-bond donors (Lipinski definition) is 1. The molecule has 0 radical (unpaired) electrons. The Morgan fingerprint density at radius 3 is 2.65 bits per heavy atom. The van der Waals surface area contributed by atoms with Gasteiger partial charge in [0.15, 0.2) is 6.61 Å². The number of anilines is 1. The van der Waals surface area contributed by atoms with Gasteiger partial charge in [-0.15, -0.1) is 0 Å². The molecule has 0 unspecified atom stereocenters. The molecule has 0 atom stereocenters. The van der Waals surface area contributed by atoms with E-state index in [1.165, 1.54) is 18.2 Å². The van der Waals surface area contributed by atoms with Crippen LogP contribution in [0.4, 0.5) is 10.1 Å². The van der Waals surface area contributed by atoms with Crippen molar-refractivity contribution in [3.63, 3.8) is 0 Å². The van der Waals surface area contributed by atoms with Crippen LogP contribution in [0.25, 0.3) is 0 Å². The minimum Gasteiger partial charge on any atom is -0.482 e. The van der Waals surface area contributed by atoms with Crippen molar-refractivity contribution in [2.75, 3.05) is 11.9 Å². The zero-order valence-electron chi connectivity index (χ0n) is 10.2. The van der Waals surface area contributed by atoms with Crippen molar-refractivity contribution in [2.45, 2.75) is 0 Å². The smallest absolute Gasteiger partial charge is 0.262 e. The summed E-state index contributed by atoms with van der Waals surface area (Å²) in [6, 6.07) is 11.3. The van der Waals surface area contributed by atoms with Crippen LogP contribution in [0.3, 0.4) is 0 Å². The molecule has 0 bridgehead atoms. The number of ether oxygens (including phenoxy) is 1. The molecule has 20 heavy (non-hydrogen) atoms. The molecule has 0 fully saturated rings. The van der Waals surface area contributed by atoms with Gasteiger partial charge in [0.05, 0.1) is 10.2 Å². The first kappa shape index (κ1) is 15.0. The first-order chi connectivity index (χ1) is 9.56. The van der Waals surface area contributed by atoms with Gasteiger partial charge in [-0.25, -0.2) is 4.39 Å². The van der Waals surface area contributed by atoms with Crippen molar-refractivity contribution in [3.05, 3.63) is 57.2 Å². The SMILES string of the molecule is O=C(COc1cc(F)ccc1Br)Nc1ccccc1Br. The number of halogens is 3. The Morgan fingerprint density at radius 1 is 1.15 bits per heavy atom. The van der Waals surface area contributed by atoms with Crippen LogP contribution < -0.4 is 10.1 Å². The van der Waals surface area contributed by atoms with E-state index in [1.54, 1.807) is 6.07 Å². The second kappa shape index (κ2) is 6.85. The lowest BCUT2D eigenvalue weighted by Gasteiger charge is -2.10. The number of benzene rings is 2. The van der Waals surface area contributed by atoms with Crippen LogP contribution in [0.15, 0.2) is 51.4 Å². The molecule has 6 heteroatoms. The first-order valence-electron chi connectivity index (χ1n) is 5.68. The fraction of sp³-hybridized carbons (Fsp3) is 0.0714. The standard InChI is InChI=1S/C14H10Br2FNO2/c15-10-3-1-2-4-12(10)18-14(19)8-20-13-7-9(17)5-6-11(13)16/h1-7H,8H2,(H,18,19). The van der Waals surface area contributed by atoms with E-state index in [2.05, 4.69) is 37.2 Å². The summed E-state index contributed by atoms with van der Waals surface area (Å²) >= 11 is 6.56. The van der Waals surface area contributed by atoms with Gasteiger partial charge >= 0.3 is 0 Å². The van der Waals surface area contributed by atoms with E-state index >= 15 is 0 Å². The Kier molecular flexibility index (Phi) is 5.14. The molecule has 2 aromatic rings. The lowest BCUT2D eigenvalue weighted by molar-refractivity contribution is -0.118. The third kappa shape index (κ3) is 4.05. The molecule has 0 aliphatic rings. The summed E-state index contributed by atoms with van der Waals surface area (Å²) in [7, 11) is 0. The summed E-state index contributed by atoms with van der Waals surface area (Å²) in [5.74, 6) is -0.463. The van der Waals surface area contributed by atoms with Crippen LogP contribution >= 0.6 is 31.9 Å². The van der Waals surface area contributed by atoms with Crippen LogP contribution in [0.2, 0.25) is 0 Å². The number of nitrogens with one attached hydrogen (secondary N) is 1. The van der Waals surface area contributed by atoms with Crippen LogP contribution in [-0.4, -0.2) is 12.5 Å². The molecular formula is C14H10Br2FNO2. The third-order valence-corrected chi connectivity index (χ3v) is 3.75. The van der Waals surface area contributed by atoms with Crippen LogP contribution in [-0.2, 0) is 4.79 Å². The minimum atomic E-state index is -0.422. The predicted molar refractivity (Wildman–Crippen MR) is 82.4 cm³/mol. The quantitative estimate of drug-likeness (QED) is 0.824. The molecule has 3 nitrogen and oxygen atoms in total. The summed E-state index contributed by atoms with van der Waals surface area (Å²) in [5, 5.41) is 2.69. The molecule has 2 aromatic carbocycles. The van der Waals surface area contributed by atoms with Crippen LogP contribution in [0.1, 0.15) is 0 Å². The predicted octanol–water partition coefficient (Wildman–Crippen LogP) is 4.37. The van der Waals surface area contributed by atoms with Crippen molar-refractivity contribution in [2.24, 2.45) is 0 Å². The molecule has 0 aromatic heterocycles. The Labute approximate surface area is 132 Å². The highest BCUT2D eigenvalue weighted by atomic mass is 79.9. The minimum absolute atomic E-state index is 0.205. The molecular weight excluding hydrogens is 393 g/mol. The van der Waals surface area contributed by atoms with Crippen molar-refractivity contribution >= 4 is 43.5 Å². The second-order valence-electron chi connectivity index (χ2n) is 3.89. The first-order valence-corrected chi connectivity index (χ1v) is 7.27. The van der Waals surface area contributed by atoms with E-state index in [0.29, 0.717) is 10.2 Å². The maximum Gasteiger partial charge on any atom is 0.262 e. The maximum atomic E-state index is 13.1. The van der Waals surface area contributed by atoms with Gasteiger partial charge in [0, 0.05) is 10.5 Å². The summed E-state index contributed by atoms with van der Waals surface area (Å²) in [6.07, 6.45) is 0. The average Bonchev–Trinajstić information content (AvgIpc) is 2.42. The van der Waals surface area contributed by atoms with Gasteiger partial charge in [-0.1, -0.05) is 12.1 Å². The average molecular weight is 403 g/mol. The van der Waals surface area contributed by atoms with Gasteiger partial charge in [-0.05, 0) is 56.1 Å². The Hall–Kier alpha value is -1.40. The number of amides is 1. The van der Waals surface area contributed by atoms with Crippen molar-refractivity contribution < 1.29 is 13.9 Å². The zero-order valence-corrected chi connectivity index (χ0v) is 13.4. The molecule has 1 N–H and O–H groups in total. The Balaban J connectivity index is 1.96. The van der Waals surface area contributed by atoms with Gasteiger partial charge in [0.25, 0.3) is 5.91 Å². The molecule has 0 heterocycles. The summed E-state index contributed by atoms with van der Waals surface area (Å²) in [6.45, 7) is -0.205. The van der Waals surface area contributed by atoms with E-state index in [1.807, 2.05) is 18.2 Å². The normalized spacial score (nSPS) is 10.2. The molecule has 2 rings (SSSR count). The Morgan fingerprint density at radius 2 is 1.90 bits per heavy atom. The third-order valence-electron chi connectivity index (χ3n) is 2.40. The summed E-state index contributed by atoms with van der Waals surface area (Å²) < 4.78 is 19.7. The number of hydrogen-bond acceptors (Lipinski definition) is 2. The van der Waals surface area contributed by atoms with E-state index in [9.17, 15) is 9.18 Å².